The second kappa shape index (κ2) is 9.69. The first-order valence-corrected chi connectivity index (χ1v) is 12.2. The fourth-order valence-electron chi connectivity index (χ4n) is 5.12. The summed E-state index contributed by atoms with van der Waals surface area (Å²) < 4.78 is 17.1. The molecule has 1 aliphatic carbocycles. The summed E-state index contributed by atoms with van der Waals surface area (Å²) in [4.78, 5) is 27.4. The van der Waals surface area contributed by atoms with E-state index in [1.54, 1.807) is 0 Å². The molecule has 0 spiro atoms. The lowest BCUT2D eigenvalue weighted by Gasteiger charge is -2.26. The third-order valence-corrected chi connectivity index (χ3v) is 7.04. The lowest BCUT2D eigenvalue weighted by molar-refractivity contribution is -0.121. The molecule has 33 heavy (non-hydrogen) atoms. The van der Waals surface area contributed by atoms with Gasteiger partial charge in [0.05, 0.1) is 13.2 Å². The third-order valence-electron chi connectivity index (χ3n) is 7.04. The van der Waals surface area contributed by atoms with Gasteiger partial charge in [0.15, 0.2) is 0 Å². The number of nitrogens with zero attached hydrogens (tertiary/aromatic N) is 1. The van der Waals surface area contributed by atoms with Crippen molar-refractivity contribution in [2.75, 3.05) is 39.4 Å². The van der Waals surface area contributed by atoms with Crippen molar-refractivity contribution in [3.63, 3.8) is 0 Å². The van der Waals surface area contributed by atoms with Crippen molar-refractivity contribution in [2.45, 2.75) is 51.9 Å². The Bertz CT molecular complexity index is 1220. The number of ether oxygens (including phenoxy) is 1. The average molecular weight is 453 g/mol. The highest BCUT2D eigenvalue weighted by atomic mass is 16.5. The number of morpholine rings is 1. The second-order valence-electron chi connectivity index (χ2n) is 9.21. The zero-order valence-electron chi connectivity index (χ0n) is 19.3. The van der Waals surface area contributed by atoms with E-state index in [-0.39, 0.29) is 18.0 Å². The van der Waals surface area contributed by atoms with Gasteiger partial charge in [0.2, 0.25) is 5.91 Å². The van der Waals surface area contributed by atoms with Crippen LogP contribution >= 0.6 is 0 Å². The number of nitrogens with one attached hydrogen (secondary N) is 1. The van der Waals surface area contributed by atoms with Crippen LogP contribution in [0.5, 0.6) is 0 Å². The summed E-state index contributed by atoms with van der Waals surface area (Å²) in [5, 5.41) is 5.03. The van der Waals surface area contributed by atoms with Gasteiger partial charge in [-0.2, -0.15) is 0 Å². The minimum atomic E-state index is -0.365. The average Bonchev–Trinajstić information content (AvgIpc) is 3.19. The molecule has 0 atom stereocenters. The summed E-state index contributed by atoms with van der Waals surface area (Å²) >= 11 is 0. The number of carbonyl (C=O) groups is 1. The molecule has 3 aromatic rings. The molecule has 0 bridgehead atoms. The predicted octanol–water partition coefficient (Wildman–Crippen LogP) is 3.50. The molecular formula is C26H32N2O5. The predicted molar refractivity (Wildman–Crippen MR) is 127 cm³/mol. The fourth-order valence-corrected chi connectivity index (χ4v) is 5.12. The second-order valence-corrected chi connectivity index (χ2v) is 9.21. The van der Waals surface area contributed by atoms with Crippen molar-refractivity contribution in [3.05, 3.63) is 45.0 Å². The van der Waals surface area contributed by atoms with Crippen LogP contribution in [-0.2, 0) is 28.8 Å². The van der Waals surface area contributed by atoms with Crippen LogP contribution in [0.2, 0.25) is 0 Å². The maximum absolute atomic E-state index is 12.7. The van der Waals surface area contributed by atoms with Gasteiger partial charge in [-0.25, -0.2) is 4.79 Å². The van der Waals surface area contributed by atoms with E-state index in [1.165, 1.54) is 12.0 Å². The van der Waals surface area contributed by atoms with E-state index < -0.39 is 0 Å². The molecule has 5 rings (SSSR count). The molecule has 1 N–H and O–H groups in total. The topological polar surface area (TPSA) is 84.9 Å². The summed E-state index contributed by atoms with van der Waals surface area (Å²) in [5.41, 5.74) is 3.75. The van der Waals surface area contributed by atoms with Crippen molar-refractivity contribution < 1.29 is 18.4 Å². The molecule has 7 nitrogen and oxygen atoms in total. The van der Waals surface area contributed by atoms with E-state index in [9.17, 15) is 9.59 Å². The zero-order valence-corrected chi connectivity index (χ0v) is 19.3. The number of benzene rings is 1. The molecule has 0 saturated carbocycles. The van der Waals surface area contributed by atoms with E-state index >= 15 is 0 Å². The Morgan fingerprint density at radius 2 is 1.85 bits per heavy atom. The standard InChI is InChI=1S/C26H32N2O5/c1-17-18(7-8-25(29)27-9-4-10-28-11-13-31-14-12-28)26(30)33-23-16-24-21(15-20(17)23)19-5-2-3-6-22(19)32-24/h15-16H,2-14H2,1H3,(H,27,29). The molecule has 1 aliphatic heterocycles. The Morgan fingerprint density at radius 3 is 2.70 bits per heavy atom. The first kappa shape index (κ1) is 22.2. The summed E-state index contributed by atoms with van der Waals surface area (Å²) in [6.07, 6.45) is 5.89. The molecule has 7 heteroatoms. The van der Waals surface area contributed by atoms with E-state index in [4.69, 9.17) is 13.6 Å². The zero-order chi connectivity index (χ0) is 22.8. The van der Waals surface area contributed by atoms with Crippen LogP contribution in [0.15, 0.2) is 25.8 Å². The van der Waals surface area contributed by atoms with Crippen LogP contribution in [0, 0.1) is 6.92 Å². The quantitative estimate of drug-likeness (QED) is 0.436. The van der Waals surface area contributed by atoms with Crippen molar-refractivity contribution in [1.82, 2.24) is 10.2 Å². The number of furan rings is 1. The number of hydrogen-bond acceptors (Lipinski definition) is 6. The molecule has 1 amide bonds. The van der Waals surface area contributed by atoms with Gasteiger partial charge in [0.1, 0.15) is 16.9 Å². The molecule has 3 heterocycles. The highest BCUT2D eigenvalue weighted by molar-refractivity contribution is 5.97. The SMILES string of the molecule is Cc1c(CCC(=O)NCCCN2CCOCC2)c(=O)oc2cc3oc4c(c3cc12)CCCC4. The number of carbonyl (C=O) groups excluding carboxylic acids is 1. The Kier molecular flexibility index (Phi) is 6.51. The fraction of sp³-hybridized carbons (Fsp3) is 0.538. The molecule has 1 saturated heterocycles. The Morgan fingerprint density at radius 1 is 1.06 bits per heavy atom. The van der Waals surface area contributed by atoms with Gasteiger partial charge in [-0.05, 0) is 57.2 Å². The van der Waals surface area contributed by atoms with Gasteiger partial charge in [-0.15, -0.1) is 0 Å². The number of rotatable bonds is 7. The monoisotopic (exact) mass is 452 g/mol. The Hall–Kier alpha value is -2.64. The summed E-state index contributed by atoms with van der Waals surface area (Å²) in [5.74, 6) is 1.03. The minimum Gasteiger partial charge on any atom is -0.461 e. The molecule has 176 valence electrons. The Balaban J connectivity index is 1.25. The maximum atomic E-state index is 12.7. The van der Waals surface area contributed by atoms with Crippen molar-refractivity contribution >= 4 is 27.8 Å². The molecule has 2 aromatic heterocycles. The molecular weight excluding hydrogens is 420 g/mol. The van der Waals surface area contributed by atoms with Crippen molar-refractivity contribution in [1.29, 1.82) is 0 Å². The third kappa shape index (κ3) is 4.70. The molecule has 0 radical (unpaired) electrons. The van der Waals surface area contributed by atoms with Crippen LogP contribution < -0.4 is 10.9 Å². The lowest BCUT2D eigenvalue weighted by atomic mass is 9.94. The highest BCUT2D eigenvalue weighted by Gasteiger charge is 2.20. The highest BCUT2D eigenvalue weighted by Crippen LogP contribution is 2.35. The maximum Gasteiger partial charge on any atom is 0.339 e. The van der Waals surface area contributed by atoms with E-state index in [2.05, 4.69) is 16.3 Å². The van der Waals surface area contributed by atoms with Gasteiger partial charge in [0.25, 0.3) is 0 Å². The lowest BCUT2D eigenvalue weighted by Crippen LogP contribution is -2.38. The molecule has 0 unspecified atom stereocenters. The van der Waals surface area contributed by atoms with E-state index in [1.807, 2.05) is 13.0 Å². The Labute approximate surface area is 193 Å². The van der Waals surface area contributed by atoms with Crippen LogP contribution in [0.25, 0.3) is 21.9 Å². The first-order chi connectivity index (χ1) is 16.1. The molecule has 2 aliphatic rings. The van der Waals surface area contributed by atoms with Gasteiger partial charge in [0, 0.05) is 60.4 Å². The van der Waals surface area contributed by atoms with Crippen LogP contribution in [-0.4, -0.2) is 50.2 Å². The first-order valence-electron chi connectivity index (χ1n) is 12.2. The largest absolute Gasteiger partial charge is 0.461 e. The molecule has 1 fully saturated rings. The van der Waals surface area contributed by atoms with Gasteiger partial charge in [-0.1, -0.05) is 0 Å². The van der Waals surface area contributed by atoms with E-state index in [0.29, 0.717) is 24.1 Å². The van der Waals surface area contributed by atoms with Crippen molar-refractivity contribution in [2.24, 2.45) is 0 Å². The van der Waals surface area contributed by atoms with Gasteiger partial charge in [-0.3, -0.25) is 9.69 Å². The smallest absolute Gasteiger partial charge is 0.339 e. The number of fused-ring (bicyclic) bond motifs is 4. The summed E-state index contributed by atoms with van der Waals surface area (Å²) in [7, 11) is 0. The normalized spacial score (nSPS) is 16.9. The van der Waals surface area contributed by atoms with Crippen molar-refractivity contribution in [3.8, 4) is 0 Å². The minimum absolute atomic E-state index is 0.0322. The number of hydrogen-bond donors (Lipinski definition) is 1. The number of amides is 1. The molecule has 1 aromatic carbocycles. The van der Waals surface area contributed by atoms with E-state index in [0.717, 1.165) is 86.2 Å². The van der Waals surface area contributed by atoms with Crippen LogP contribution in [0.3, 0.4) is 0 Å². The number of aryl methyl sites for hydroxylation is 3. The van der Waals surface area contributed by atoms with Crippen LogP contribution in [0.1, 0.15) is 48.1 Å². The van der Waals surface area contributed by atoms with Gasteiger partial charge >= 0.3 is 5.63 Å². The van der Waals surface area contributed by atoms with Crippen LogP contribution in [0.4, 0.5) is 0 Å². The summed E-state index contributed by atoms with van der Waals surface area (Å²) in [6, 6.07) is 3.95. The van der Waals surface area contributed by atoms with Gasteiger partial charge < -0.3 is 18.9 Å². The summed E-state index contributed by atoms with van der Waals surface area (Å²) in [6.45, 7) is 7.04.